The van der Waals surface area contributed by atoms with Crippen LogP contribution in [0.5, 0.6) is 0 Å². The van der Waals surface area contributed by atoms with Gasteiger partial charge < -0.3 is 4.90 Å². The van der Waals surface area contributed by atoms with Crippen LogP contribution in [0.2, 0.25) is 0 Å². The molecule has 0 spiro atoms. The van der Waals surface area contributed by atoms with E-state index in [0.29, 0.717) is 5.69 Å². The molecule has 2 aromatic heterocycles. The topological polar surface area (TPSA) is 52.8 Å². The quantitative estimate of drug-likeness (QED) is 0.736. The van der Waals surface area contributed by atoms with Gasteiger partial charge in [-0.1, -0.05) is 25.1 Å². The lowest BCUT2D eigenvalue weighted by Gasteiger charge is -2.20. The molecule has 4 nitrogen and oxygen atoms in total. The zero-order valence-electron chi connectivity index (χ0n) is 12.6. The van der Waals surface area contributed by atoms with Crippen molar-refractivity contribution in [2.75, 3.05) is 11.9 Å². The van der Waals surface area contributed by atoms with Gasteiger partial charge in [0.15, 0.2) is 0 Å². The van der Waals surface area contributed by atoms with E-state index in [0.717, 1.165) is 34.6 Å². The van der Waals surface area contributed by atoms with E-state index in [4.69, 9.17) is 0 Å². The van der Waals surface area contributed by atoms with Crippen LogP contribution in [-0.4, -0.2) is 17.0 Å². The van der Waals surface area contributed by atoms with Gasteiger partial charge in [0.05, 0.1) is 17.1 Å². The number of para-hydroxylation sites is 1. The molecule has 5 heteroatoms. The Morgan fingerprint density at radius 1 is 1.32 bits per heavy atom. The maximum atomic E-state index is 9.19. The summed E-state index contributed by atoms with van der Waals surface area (Å²) < 4.78 is 0. The molecular formula is C17H16N4S. The molecule has 110 valence electrons. The summed E-state index contributed by atoms with van der Waals surface area (Å²) in [4.78, 5) is 12.1. The van der Waals surface area contributed by atoms with E-state index in [9.17, 15) is 5.26 Å². The third-order valence-corrected chi connectivity index (χ3v) is 4.64. The minimum absolute atomic E-state index is 0.444. The number of aryl methyl sites for hydroxylation is 1. The molecule has 0 saturated carbocycles. The Balaban J connectivity index is 1.99. The summed E-state index contributed by atoms with van der Waals surface area (Å²) in [5.41, 5.74) is 2.31. The summed E-state index contributed by atoms with van der Waals surface area (Å²) in [6.45, 7) is 2.89. The minimum atomic E-state index is 0.444. The lowest BCUT2D eigenvalue weighted by Crippen LogP contribution is -2.16. The normalized spacial score (nSPS) is 10.6. The van der Waals surface area contributed by atoms with Gasteiger partial charge in [0.1, 0.15) is 11.8 Å². The first kappa shape index (κ1) is 14.5. The number of fused-ring (bicyclic) bond motifs is 1. The number of nitrogens with zero attached hydrogens (tertiary/aromatic N) is 4. The van der Waals surface area contributed by atoms with Crippen LogP contribution in [0.1, 0.15) is 22.5 Å². The largest absolute Gasteiger partial charge is 0.369 e. The summed E-state index contributed by atoms with van der Waals surface area (Å²) >= 11 is 1.74. The molecule has 0 aliphatic heterocycles. The van der Waals surface area contributed by atoms with Gasteiger partial charge >= 0.3 is 0 Å². The molecule has 0 fully saturated rings. The first-order valence-corrected chi connectivity index (χ1v) is 7.97. The van der Waals surface area contributed by atoms with Gasteiger partial charge in [-0.2, -0.15) is 5.26 Å². The van der Waals surface area contributed by atoms with Crippen molar-refractivity contribution in [2.45, 2.75) is 19.9 Å². The van der Waals surface area contributed by atoms with Crippen molar-refractivity contribution >= 4 is 27.9 Å². The second kappa shape index (κ2) is 6.12. The van der Waals surface area contributed by atoms with Crippen LogP contribution in [0.4, 0.5) is 5.69 Å². The molecule has 0 saturated heterocycles. The van der Waals surface area contributed by atoms with Crippen LogP contribution >= 0.6 is 11.3 Å². The second-order valence-corrected chi connectivity index (χ2v) is 6.29. The van der Waals surface area contributed by atoms with Crippen molar-refractivity contribution in [3.63, 3.8) is 0 Å². The number of benzene rings is 1. The Bertz CT molecular complexity index is 847. The van der Waals surface area contributed by atoms with Crippen molar-refractivity contribution in [2.24, 2.45) is 0 Å². The van der Waals surface area contributed by atoms with Crippen LogP contribution in [0.3, 0.4) is 0 Å². The summed E-state index contributed by atoms with van der Waals surface area (Å²) in [7, 11) is 2.04. The molecule has 0 atom stereocenters. The van der Waals surface area contributed by atoms with Crippen molar-refractivity contribution in [3.05, 3.63) is 52.1 Å². The fourth-order valence-electron chi connectivity index (χ4n) is 2.43. The van der Waals surface area contributed by atoms with Gasteiger partial charge in [0, 0.05) is 29.2 Å². The average Bonchev–Trinajstić information content (AvgIpc) is 3.01. The molecule has 22 heavy (non-hydrogen) atoms. The molecule has 0 aliphatic rings. The van der Waals surface area contributed by atoms with E-state index in [1.165, 1.54) is 4.88 Å². The number of rotatable bonds is 4. The summed E-state index contributed by atoms with van der Waals surface area (Å²) in [5, 5.41) is 11.4. The molecule has 0 radical (unpaired) electrons. The Morgan fingerprint density at radius 3 is 2.86 bits per heavy atom. The third kappa shape index (κ3) is 2.78. The number of nitriles is 1. The highest BCUT2D eigenvalue weighted by molar-refractivity contribution is 7.11. The van der Waals surface area contributed by atoms with Gasteiger partial charge in [-0.05, 0) is 18.6 Å². The van der Waals surface area contributed by atoms with Gasteiger partial charge in [0.25, 0.3) is 0 Å². The maximum absolute atomic E-state index is 9.19. The van der Waals surface area contributed by atoms with E-state index in [1.807, 2.05) is 43.6 Å². The van der Waals surface area contributed by atoms with Gasteiger partial charge in [0.2, 0.25) is 0 Å². The minimum Gasteiger partial charge on any atom is -0.369 e. The Morgan fingerprint density at radius 2 is 2.14 bits per heavy atom. The molecule has 0 aliphatic carbocycles. The van der Waals surface area contributed by atoms with E-state index in [2.05, 4.69) is 27.9 Å². The zero-order valence-corrected chi connectivity index (χ0v) is 13.4. The molecule has 1 aromatic carbocycles. The fourth-order valence-corrected chi connectivity index (χ4v) is 3.35. The molecule has 0 unspecified atom stereocenters. The molecule has 0 amide bonds. The summed E-state index contributed by atoms with van der Waals surface area (Å²) in [6, 6.07) is 11.9. The van der Waals surface area contributed by atoms with E-state index in [-0.39, 0.29) is 0 Å². The summed E-state index contributed by atoms with van der Waals surface area (Å²) in [5.74, 6) is 0. The number of hydrogen-bond acceptors (Lipinski definition) is 5. The zero-order chi connectivity index (χ0) is 15.5. The predicted molar refractivity (Wildman–Crippen MR) is 90.1 cm³/mol. The highest BCUT2D eigenvalue weighted by Gasteiger charge is 2.11. The van der Waals surface area contributed by atoms with Crippen LogP contribution in [-0.2, 0) is 13.0 Å². The molecular weight excluding hydrogens is 292 g/mol. The van der Waals surface area contributed by atoms with Gasteiger partial charge in [-0.15, -0.1) is 11.3 Å². The molecule has 0 bridgehead atoms. The first-order valence-electron chi connectivity index (χ1n) is 7.16. The summed E-state index contributed by atoms with van der Waals surface area (Å²) in [6.07, 6.45) is 2.90. The number of pyridine rings is 1. The molecule has 2 heterocycles. The van der Waals surface area contributed by atoms with E-state index >= 15 is 0 Å². The lowest BCUT2D eigenvalue weighted by molar-refractivity contribution is 0.939. The average molecular weight is 308 g/mol. The Labute approximate surface area is 133 Å². The fraction of sp³-hybridized carbons (Fsp3) is 0.235. The van der Waals surface area contributed by atoms with E-state index < -0.39 is 0 Å². The van der Waals surface area contributed by atoms with Crippen molar-refractivity contribution in [1.82, 2.24) is 9.97 Å². The van der Waals surface area contributed by atoms with Gasteiger partial charge in [-0.25, -0.2) is 9.97 Å². The van der Waals surface area contributed by atoms with Gasteiger partial charge in [-0.3, -0.25) is 0 Å². The molecule has 0 N–H and O–H groups in total. The predicted octanol–water partition coefficient (Wildman–Crippen LogP) is 3.76. The highest BCUT2D eigenvalue weighted by atomic mass is 32.1. The molecule has 3 rings (SSSR count). The lowest BCUT2D eigenvalue weighted by atomic mass is 10.1. The Hall–Kier alpha value is -2.45. The maximum Gasteiger partial charge on any atom is 0.143 e. The number of thiazole rings is 1. The second-order valence-electron chi connectivity index (χ2n) is 5.09. The van der Waals surface area contributed by atoms with Crippen molar-refractivity contribution in [3.8, 4) is 6.07 Å². The van der Waals surface area contributed by atoms with Crippen LogP contribution in [0.25, 0.3) is 10.9 Å². The SMILES string of the molecule is CCc1ncc(CN(C)c2cc(C#N)nc3ccccc23)s1. The van der Waals surface area contributed by atoms with Crippen LogP contribution in [0, 0.1) is 11.3 Å². The highest BCUT2D eigenvalue weighted by Crippen LogP contribution is 2.27. The standard InChI is InChI=1S/C17H16N4S/c1-3-17-19-10-13(22-17)11-21(2)16-8-12(9-18)20-15-7-5-4-6-14(15)16/h4-8,10H,3,11H2,1-2H3. The monoisotopic (exact) mass is 308 g/mol. The van der Waals surface area contributed by atoms with Crippen LogP contribution < -0.4 is 4.90 Å². The molecule has 3 aromatic rings. The van der Waals surface area contributed by atoms with Crippen molar-refractivity contribution < 1.29 is 0 Å². The first-order chi connectivity index (χ1) is 10.7. The smallest absolute Gasteiger partial charge is 0.143 e. The number of aromatic nitrogens is 2. The van der Waals surface area contributed by atoms with E-state index in [1.54, 1.807) is 11.3 Å². The number of anilines is 1. The number of hydrogen-bond donors (Lipinski definition) is 0. The van der Waals surface area contributed by atoms with Crippen LogP contribution in [0.15, 0.2) is 36.5 Å². The third-order valence-electron chi connectivity index (χ3n) is 3.52. The van der Waals surface area contributed by atoms with Crippen molar-refractivity contribution in [1.29, 1.82) is 5.26 Å². The Kier molecular flexibility index (Phi) is 4.03.